The SMILES string of the molecule is CN(C)c1ccc(NC(=O)c2ccc(N3CCOCC3)cn2)cc1. The van der Waals surface area contributed by atoms with Crippen molar-refractivity contribution in [2.75, 3.05) is 55.5 Å². The van der Waals surface area contributed by atoms with E-state index in [9.17, 15) is 4.79 Å². The van der Waals surface area contributed by atoms with Crippen molar-refractivity contribution in [3.8, 4) is 0 Å². The summed E-state index contributed by atoms with van der Waals surface area (Å²) in [6, 6.07) is 11.4. The molecule has 1 aromatic heterocycles. The van der Waals surface area contributed by atoms with Gasteiger partial charge in [0.1, 0.15) is 5.69 Å². The molecule has 24 heavy (non-hydrogen) atoms. The molecule has 126 valence electrons. The van der Waals surface area contributed by atoms with E-state index in [-0.39, 0.29) is 5.91 Å². The molecule has 1 aromatic carbocycles. The standard InChI is InChI=1S/C18H22N4O2/c1-21(2)15-5-3-14(4-6-15)20-18(23)17-8-7-16(13-19-17)22-9-11-24-12-10-22/h3-8,13H,9-12H2,1-2H3,(H,20,23). The molecule has 0 atom stereocenters. The number of amides is 1. The molecule has 1 fully saturated rings. The highest BCUT2D eigenvalue weighted by Gasteiger charge is 2.13. The van der Waals surface area contributed by atoms with Crippen LogP contribution in [-0.2, 0) is 4.74 Å². The smallest absolute Gasteiger partial charge is 0.274 e. The monoisotopic (exact) mass is 326 g/mol. The van der Waals surface area contributed by atoms with Gasteiger partial charge in [0, 0.05) is 38.6 Å². The van der Waals surface area contributed by atoms with Gasteiger partial charge in [-0.25, -0.2) is 4.98 Å². The van der Waals surface area contributed by atoms with Gasteiger partial charge in [0.25, 0.3) is 5.91 Å². The molecule has 0 bridgehead atoms. The minimum atomic E-state index is -0.207. The van der Waals surface area contributed by atoms with Crippen molar-refractivity contribution >= 4 is 23.0 Å². The maximum Gasteiger partial charge on any atom is 0.274 e. The largest absolute Gasteiger partial charge is 0.378 e. The highest BCUT2D eigenvalue weighted by molar-refractivity contribution is 6.03. The first-order valence-electron chi connectivity index (χ1n) is 8.01. The lowest BCUT2D eigenvalue weighted by molar-refractivity contribution is 0.102. The van der Waals surface area contributed by atoms with Gasteiger partial charge in [0.15, 0.2) is 0 Å². The van der Waals surface area contributed by atoms with Crippen LogP contribution in [0.3, 0.4) is 0 Å². The van der Waals surface area contributed by atoms with E-state index in [1.165, 1.54) is 0 Å². The van der Waals surface area contributed by atoms with Crippen molar-refractivity contribution in [3.05, 3.63) is 48.3 Å². The van der Waals surface area contributed by atoms with Crippen molar-refractivity contribution in [1.82, 2.24) is 4.98 Å². The Hall–Kier alpha value is -2.60. The predicted octanol–water partition coefficient (Wildman–Crippen LogP) is 2.24. The summed E-state index contributed by atoms with van der Waals surface area (Å²) in [4.78, 5) is 20.8. The lowest BCUT2D eigenvalue weighted by atomic mass is 10.2. The Kier molecular flexibility index (Phi) is 4.96. The van der Waals surface area contributed by atoms with E-state index >= 15 is 0 Å². The number of nitrogens with one attached hydrogen (secondary N) is 1. The Labute approximate surface area is 142 Å². The zero-order valence-electron chi connectivity index (χ0n) is 14.0. The molecule has 0 aliphatic carbocycles. The van der Waals surface area contributed by atoms with Crippen molar-refractivity contribution in [3.63, 3.8) is 0 Å². The van der Waals surface area contributed by atoms with Crippen LogP contribution in [0.2, 0.25) is 0 Å². The summed E-state index contributed by atoms with van der Waals surface area (Å²) in [5.41, 5.74) is 3.26. The molecular weight excluding hydrogens is 304 g/mol. The topological polar surface area (TPSA) is 57.7 Å². The Morgan fingerprint density at radius 1 is 1.12 bits per heavy atom. The number of carbonyl (C=O) groups is 1. The number of anilines is 3. The number of nitrogens with zero attached hydrogens (tertiary/aromatic N) is 3. The minimum Gasteiger partial charge on any atom is -0.378 e. The van der Waals surface area contributed by atoms with E-state index in [4.69, 9.17) is 4.74 Å². The van der Waals surface area contributed by atoms with Gasteiger partial charge in [0.2, 0.25) is 0 Å². The first kappa shape index (κ1) is 16.3. The quantitative estimate of drug-likeness (QED) is 0.934. The van der Waals surface area contributed by atoms with Crippen LogP contribution in [0.5, 0.6) is 0 Å². The average molecular weight is 326 g/mol. The van der Waals surface area contributed by atoms with Gasteiger partial charge < -0.3 is 19.9 Å². The zero-order chi connectivity index (χ0) is 16.9. The summed E-state index contributed by atoms with van der Waals surface area (Å²) in [6.07, 6.45) is 1.75. The normalized spacial score (nSPS) is 14.3. The fourth-order valence-electron chi connectivity index (χ4n) is 2.57. The van der Waals surface area contributed by atoms with Crippen LogP contribution < -0.4 is 15.1 Å². The van der Waals surface area contributed by atoms with Crippen molar-refractivity contribution in [2.24, 2.45) is 0 Å². The molecule has 2 heterocycles. The van der Waals surface area contributed by atoms with E-state index in [2.05, 4.69) is 15.2 Å². The third-order valence-electron chi connectivity index (χ3n) is 4.00. The van der Waals surface area contributed by atoms with Gasteiger partial charge >= 0.3 is 0 Å². The lowest BCUT2D eigenvalue weighted by Gasteiger charge is -2.28. The van der Waals surface area contributed by atoms with Crippen molar-refractivity contribution < 1.29 is 9.53 Å². The minimum absolute atomic E-state index is 0.207. The second-order valence-electron chi connectivity index (χ2n) is 5.90. The molecule has 3 rings (SSSR count). The molecule has 6 nitrogen and oxygen atoms in total. The van der Waals surface area contributed by atoms with Crippen LogP contribution in [0.4, 0.5) is 17.1 Å². The Morgan fingerprint density at radius 2 is 1.83 bits per heavy atom. The number of morpholine rings is 1. The summed E-state index contributed by atoms with van der Waals surface area (Å²) < 4.78 is 5.34. The summed E-state index contributed by atoms with van der Waals surface area (Å²) in [5, 5.41) is 2.87. The second-order valence-corrected chi connectivity index (χ2v) is 5.90. The van der Waals surface area contributed by atoms with Crippen LogP contribution in [-0.4, -0.2) is 51.3 Å². The number of benzene rings is 1. The van der Waals surface area contributed by atoms with E-state index in [1.54, 1.807) is 12.3 Å². The third-order valence-corrected chi connectivity index (χ3v) is 4.00. The molecule has 1 aliphatic heterocycles. The van der Waals surface area contributed by atoms with Gasteiger partial charge in [-0.05, 0) is 36.4 Å². The fraction of sp³-hybridized carbons (Fsp3) is 0.333. The van der Waals surface area contributed by atoms with Gasteiger partial charge in [-0.3, -0.25) is 4.79 Å². The average Bonchev–Trinajstić information content (AvgIpc) is 2.63. The molecule has 1 saturated heterocycles. The first-order chi connectivity index (χ1) is 11.6. The Balaban J connectivity index is 1.64. The maximum absolute atomic E-state index is 12.3. The van der Waals surface area contributed by atoms with E-state index in [0.29, 0.717) is 5.69 Å². The molecule has 1 amide bonds. The van der Waals surface area contributed by atoms with E-state index in [1.807, 2.05) is 49.3 Å². The molecule has 1 N–H and O–H groups in total. The van der Waals surface area contributed by atoms with Crippen LogP contribution in [0.1, 0.15) is 10.5 Å². The molecule has 1 aliphatic rings. The van der Waals surface area contributed by atoms with E-state index in [0.717, 1.165) is 43.4 Å². The highest BCUT2D eigenvalue weighted by atomic mass is 16.5. The van der Waals surface area contributed by atoms with Crippen molar-refractivity contribution in [1.29, 1.82) is 0 Å². The first-order valence-corrected chi connectivity index (χ1v) is 8.01. The van der Waals surface area contributed by atoms with Gasteiger partial charge in [0.05, 0.1) is 25.1 Å². The van der Waals surface area contributed by atoms with Gasteiger partial charge in [-0.2, -0.15) is 0 Å². The summed E-state index contributed by atoms with van der Waals surface area (Å²) in [5.74, 6) is -0.207. The zero-order valence-corrected chi connectivity index (χ0v) is 14.0. The summed E-state index contributed by atoms with van der Waals surface area (Å²) >= 11 is 0. The molecule has 0 unspecified atom stereocenters. The lowest BCUT2D eigenvalue weighted by Crippen LogP contribution is -2.36. The van der Waals surface area contributed by atoms with Crippen LogP contribution in [0.25, 0.3) is 0 Å². The maximum atomic E-state index is 12.3. The Morgan fingerprint density at radius 3 is 2.42 bits per heavy atom. The highest BCUT2D eigenvalue weighted by Crippen LogP contribution is 2.18. The molecule has 0 saturated carbocycles. The van der Waals surface area contributed by atoms with Crippen LogP contribution in [0.15, 0.2) is 42.6 Å². The fourth-order valence-corrected chi connectivity index (χ4v) is 2.57. The van der Waals surface area contributed by atoms with Crippen LogP contribution in [0, 0.1) is 0 Å². The third kappa shape index (κ3) is 3.83. The van der Waals surface area contributed by atoms with Gasteiger partial charge in [-0.15, -0.1) is 0 Å². The number of hydrogen-bond acceptors (Lipinski definition) is 5. The van der Waals surface area contributed by atoms with E-state index < -0.39 is 0 Å². The van der Waals surface area contributed by atoms with Crippen molar-refractivity contribution in [2.45, 2.75) is 0 Å². The number of carbonyl (C=O) groups excluding carboxylic acids is 1. The number of ether oxygens (including phenoxy) is 1. The molecule has 6 heteroatoms. The number of hydrogen-bond donors (Lipinski definition) is 1. The number of aromatic nitrogens is 1. The van der Waals surface area contributed by atoms with Gasteiger partial charge in [-0.1, -0.05) is 0 Å². The number of rotatable bonds is 4. The predicted molar refractivity (Wildman–Crippen MR) is 96.0 cm³/mol. The van der Waals surface area contributed by atoms with Crippen LogP contribution >= 0.6 is 0 Å². The molecular formula is C18H22N4O2. The summed E-state index contributed by atoms with van der Waals surface area (Å²) in [7, 11) is 3.96. The second kappa shape index (κ2) is 7.31. The molecule has 0 radical (unpaired) electrons. The molecule has 2 aromatic rings. The summed E-state index contributed by atoms with van der Waals surface area (Å²) in [6.45, 7) is 3.16. The number of pyridine rings is 1. The molecule has 0 spiro atoms. The Bertz CT molecular complexity index is 677.